The summed E-state index contributed by atoms with van der Waals surface area (Å²) in [7, 11) is 0. The zero-order valence-electron chi connectivity index (χ0n) is 7.64. The number of hydrogen-bond acceptors (Lipinski definition) is 2. The molecule has 1 N–H and O–H groups in total. The Balaban J connectivity index is 4.00. The van der Waals surface area contributed by atoms with Crippen LogP contribution in [0.2, 0.25) is 0 Å². The van der Waals surface area contributed by atoms with E-state index in [1.165, 1.54) is 13.0 Å². The molecule has 0 atom stereocenters. The van der Waals surface area contributed by atoms with E-state index in [4.69, 9.17) is 5.11 Å². The largest absolute Gasteiger partial charge is 0.512 e. The van der Waals surface area contributed by atoms with Gasteiger partial charge in [-0.25, -0.2) is 0 Å². The van der Waals surface area contributed by atoms with E-state index < -0.39 is 0 Å². The van der Waals surface area contributed by atoms with Gasteiger partial charge < -0.3 is 5.11 Å². The van der Waals surface area contributed by atoms with E-state index in [1.54, 1.807) is 0 Å². The summed E-state index contributed by atoms with van der Waals surface area (Å²) in [4.78, 5) is 11.0. The molecule has 0 rings (SSSR count). The van der Waals surface area contributed by atoms with Crippen LogP contribution in [0.5, 0.6) is 0 Å². The maximum atomic E-state index is 11.0. The van der Waals surface area contributed by atoms with Crippen LogP contribution in [-0.4, -0.2) is 10.9 Å². The molecule has 11 heavy (non-hydrogen) atoms. The van der Waals surface area contributed by atoms with Crippen molar-refractivity contribution in [2.75, 3.05) is 0 Å². The minimum atomic E-state index is -0.0162. The Morgan fingerprint density at radius 1 is 1.45 bits per heavy atom. The number of ketones is 1. The molecular weight excluding hydrogens is 140 g/mol. The van der Waals surface area contributed by atoms with Gasteiger partial charge in [0, 0.05) is 12.5 Å². The van der Waals surface area contributed by atoms with Crippen molar-refractivity contribution in [3.63, 3.8) is 0 Å². The lowest BCUT2D eigenvalue weighted by Crippen LogP contribution is -2.11. The molecule has 0 spiro atoms. The van der Waals surface area contributed by atoms with Gasteiger partial charge in [0.05, 0.1) is 5.76 Å². The average molecular weight is 156 g/mol. The van der Waals surface area contributed by atoms with Gasteiger partial charge in [-0.3, -0.25) is 4.79 Å². The summed E-state index contributed by atoms with van der Waals surface area (Å²) in [6.45, 7) is 7.48. The predicted octanol–water partition coefficient (Wildman–Crippen LogP) is 2.45. The molecule has 0 bridgehead atoms. The third kappa shape index (κ3) is 7.10. The van der Waals surface area contributed by atoms with Crippen LogP contribution in [0, 0.1) is 5.41 Å². The van der Waals surface area contributed by atoms with Crippen molar-refractivity contribution in [1.82, 2.24) is 0 Å². The Labute approximate surface area is 67.9 Å². The van der Waals surface area contributed by atoms with Crippen LogP contribution in [-0.2, 0) is 4.79 Å². The molecule has 0 saturated heterocycles. The van der Waals surface area contributed by atoms with Crippen LogP contribution >= 0.6 is 0 Å². The highest BCUT2D eigenvalue weighted by atomic mass is 16.3. The fourth-order valence-corrected chi connectivity index (χ4v) is 0.807. The van der Waals surface area contributed by atoms with E-state index >= 15 is 0 Å². The lowest BCUT2D eigenvalue weighted by atomic mass is 9.90. The van der Waals surface area contributed by atoms with E-state index in [2.05, 4.69) is 0 Å². The second-order valence-corrected chi connectivity index (χ2v) is 3.99. The lowest BCUT2D eigenvalue weighted by Gasteiger charge is -2.14. The highest BCUT2D eigenvalue weighted by molar-refractivity contribution is 5.90. The zero-order chi connectivity index (χ0) is 9.07. The Bertz CT molecular complexity index is 168. The molecule has 0 aromatic rings. The molecule has 0 heterocycles. The number of carbonyl (C=O) groups is 1. The van der Waals surface area contributed by atoms with Crippen LogP contribution in [0.1, 0.15) is 34.1 Å². The van der Waals surface area contributed by atoms with Gasteiger partial charge in [-0.15, -0.1) is 0 Å². The van der Waals surface area contributed by atoms with Crippen LogP contribution < -0.4 is 0 Å². The van der Waals surface area contributed by atoms with Crippen molar-refractivity contribution in [1.29, 1.82) is 0 Å². The highest BCUT2D eigenvalue weighted by Gasteiger charge is 2.14. The van der Waals surface area contributed by atoms with E-state index in [0.29, 0.717) is 6.42 Å². The number of hydrogen-bond donors (Lipinski definition) is 1. The summed E-state index contributed by atoms with van der Waals surface area (Å²) in [6, 6.07) is 0. The molecule has 0 aliphatic carbocycles. The first-order valence-corrected chi connectivity index (χ1v) is 3.71. The Morgan fingerprint density at radius 2 is 1.91 bits per heavy atom. The SMILES string of the molecule is C/C(O)=C/C(=O)CC(C)(C)C. The number of aliphatic hydroxyl groups excluding tert-OH is 1. The summed E-state index contributed by atoms with van der Waals surface area (Å²) in [5, 5.41) is 8.76. The van der Waals surface area contributed by atoms with Crippen LogP contribution in [0.4, 0.5) is 0 Å². The van der Waals surface area contributed by atoms with Gasteiger partial charge in [-0.2, -0.15) is 0 Å². The molecule has 0 saturated carbocycles. The quantitative estimate of drug-likeness (QED) is 0.492. The monoisotopic (exact) mass is 156 g/mol. The minimum absolute atomic E-state index is 0.00301. The van der Waals surface area contributed by atoms with Crippen LogP contribution in [0.15, 0.2) is 11.8 Å². The average Bonchev–Trinajstić information content (AvgIpc) is 1.53. The predicted molar refractivity (Wildman–Crippen MR) is 45.5 cm³/mol. The van der Waals surface area contributed by atoms with Gasteiger partial charge in [0.25, 0.3) is 0 Å². The lowest BCUT2D eigenvalue weighted by molar-refractivity contribution is -0.116. The first kappa shape index (κ1) is 10.2. The molecular formula is C9H16O2. The summed E-state index contributed by atoms with van der Waals surface area (Å²) in [5.74, 6) is 0.0664. The van der Waals surface area contributed by atoms with Crippen molar-refractivity contribution in [2.24, 2.45) is 5.41 Å². The minimum Gasteiger partial charge on any atom is -0.512 e. The molecule has 0 amide bonds. The molecule has 0 aliphatic rings. The van der Waals surface area contributed by atoms with Gasteiger partial charge >= 0.3 is 0 Å². The summed E-state index contributed by atoms with van der Waals surface area (Å²) < 4.78 is 0. The topological polar surface area (TPSA) is 37.3 Å². The van der Waals surface area contributed by atoms with Gasteiger partial charge in [-0.05, 0) is 12.3 Å². The van der Waals surface area contributed by atoms with Crippen molar-refractivity contribution in [2.45, 2.75) is 34.1 Å². The smallest absolute Gasteiger partial charge is 0.159 e. The Hall–Kier alpha value is -0.790. The fourth-order valence-electron chi connectivity index (χ4n) is 0.807. The first-order chi connectivity index (χ1) is 4.81. The van der Waals surface area contributed by atoms with Crippen molar-refractivity contribution in [3.05, 3.63) is 11.8 Å². The van der Waals surface area contributed by atoms with Gasteiger partial charge in [0.1, 0.15) is 0 Å². The molecule has 0 fully saturated rings. The summed E-state index contributed by atoms with van der Waals surface area (Å²) in [6.07, 6.45) is 1.75. The first-order valence-electron chi connectivity index (χ1n) is 3.71. The molecule has 0 radical (unpaired) electrons. The maximum Gasteiger partial charge on any atom is 0.159 e. The molecule has 0 unspecified atom stereocenters. The Morgan fingerprint density at radius 3 is 2.18 bits per heavy atom. The normalized spacial score (nSPS) is 13.3. The number of rotatable bonds is 2. The van der Waals surface area contributed by atoms with E-state index in [1.807, 2.05) is 20.8 Å². The van der Waals surface area contributed by atoms with Crippen LogP contribution in [0.3, 0.4) is 0 Å². The molecule has 64 valence electrons. The van der Waals surface area contributed by atoms with Crippen LogP contribution in [0.25, 0.3) is 0 Å². The fraction of sp³-hybridized carbons (Fsp3) is 0.667. The van der Waals surface area contributed by atoms with Gasteiger partial charge in [0.15, 0.2) is 5.78 Å². The summed E-state index contributed by atoms with van der Waals surface area (Å²) in [5.41, 5.74) is 0.00301. The van der Waals surface area contributed by atoms with Crippen molar-refractivity contribution in [3.8, 4) is 0 Å². The molecule has 0 aromatic carbocycles. The number of aliphatic hydroxyl groups is 1. The number of allylic oxidation sites excluding steroid dienone is 2. The highest BCUT2D eigenvalue weighted by Crippen LogP contribution is 2.18. The van der Waals surface area contributed by atoms with E-state index in [9.17, 15) is 4.79 Å². The third-order valence-electron chi connectivity index (χ3n) is 1.07. The Kier molecular flexibility index (Phi) is 3.30. The molecule has 0 aromatic heterocycles. The molecule has 0 aliphatic heterocycles. The van der Waals surface area contributed by atoms with E-state index in [-0.39, 0.29) is 17.0 Å². The molecule has 2 nitrogen and oxygen atoms in total. The zero-order valence-corrected chi connectivity index (χ0v) is 7.64. The van der Waals surface area contributed by atoms with Crippen molar-refractivity contribution < 1.29 is 9.90 Å². The van der Waals surface area contributed by atoms with Crippen molar-refractivity contribution >= 4 is 5.78 Å². The van der Waals surface area contributed by atoms with Gasteiger partial charge in [0.2, 0.25) is 0 Å². The second-order valence-electron chi connectivity index (χ2n) is 3.99. The second kappa shape index (κ2) is 3.56. The number of carbonyl (C=O) groups excluding carboxylic acids is 1. The van der Waals surface area contributed by atoms with Gasteiger partial charge in [-0.1, -0.05) is 20.8 Å². The standard InChI is InChI=1S/C9H16O2/c1-7(10)5-8(11)6-9(2,3)4/h5,10H,6H2,1-4H3/b7-5-. The third-order valence-corrected chi connectivity index (χ3v) is 1.07. The maximum absolute atomic E-state index is 11.0. The van der Waals surface area contributed by atoms with E-state index in [0.717, 1.165) is 0 Å². The summed E-state index contributed by atoms with van der Waals surface area (Å²) >= 11 is 0. The molecule has 2 heteroatoms.